The third-order valence-electron chi connectivity index (χ3n) is 2.37. The van der Waals surface area contributed by atoms with Crippen molar-refractivity contribution >= 4 is 11.6 Å². The van der Waals surface area contributed by atoms with Gasteiger partial charge in [-0.15, -0.1) is 0 Å². The Kier molecular flexibility index (Phi) is 5.30. The number of rotatable bonds is 6. The molecule has 0 aliphatic heterocycles. The maximum Gasteiger partial charge on any atom is 0.158 e. The van der Waals surface area contributed by atoms with Crippen molar-refractivity contribution in [3.63, 3.8) is 0 Å². The third-order valence-corrected chi connectivity index (χ3v) is 2.37. The summed E-state index contributed by atoms with van der Waals surface area (Å²) < 4.78 is 5.02. The zero-order chi connectivity index (χ0) is 13.6. The maximum atomic E-state index is 5.37. The summed E-state index contributed by atoms with van der Waals surface area (Å²) in [6, 6.07) is 1.78. The van der Waals surface area contributed by atoms with E-state index in [0.29, 0.717) is 23.7 Å². The first-order chi connectivity index (χ1) is 8.44. The van der Waals surface area contributed by atoms with Crippen LogP contribution < -0.4 is 16.6 Å². The van der Waals surface area contributed by atoms with Crippen LogP contribution >= 0.6 is 0 Å². The smallest absolute Gasteiger partial charge is 0.158 e. The fourth-order valence-electron chi connectivity index (χ4n) is 1.42. The molecule has 0 unspecified atom stereocenters. The molecule has 1 aromatic rings. The van der Waals surface area contributed by atoms with Gasteiger partial charge in [0.25, 0.3) is 0 Å². The first-order valence-corrected chi connectivity index (χ1v) is 6.02. The molecule has 0 atom stereocenters. The van der Waals surface area contributed by atoms with Gasteiger partial charge in [0.05, 0.1) is 0 Å². The van der Waals surface area contributed by atoms with Crippen molar-refractivity contribution in [1.82, 2.24) is 9.97 Å². The first-order valence-electron chi connectivity index (χ1n) is 6.02. The zero-order valence-electron chi connectivity index (χ0n) is 11.6. The Balaban J connectivity index is 2.66. The summed E-state index contributed by atoms with van der Waals surface area (Å²) >= 11 is 0. The van der Waals surface area contributed by atoms with Gasteiger partial charge in [-0.2, -0.15) is 0 Å². The van der Waals surface area contributed by atoms with E-state index in [9.17, 15) is 0 Å². The Morgan fingerprint density at radius 1 is 1.28 bits per heavy atom. The number of hydrazine groups is 1. The van der Waals surface area contributed by atoms with Gasteiger partial charge in [-0.3, -0.25) is 0 Å². The van der Waals surface area contributed by atoms with Gasteiger partial charge in [0.1, 0.15) is 18.2 Å². The highest BCUT2D eigenvalue weighted by molar-refractivity contribution is 5.46. The molecule has 18 heavy (non-hydrogen) atoms. The number of nitrogens with zero attached hydrogens (tertiary/aromatic N) is 2. The van der Waals surface area contributed by atoms with Gasteiger partial charge in [0, 0.05) is 19.7 Å². The molecular formula is C12H23N5O. The lowest BCUT2D eigenvalue weighted by molar-refractivity contribution is 0.178. The lowest BCUT2D eigenvalue weighted by Crippen LogP contribution is -2.15. The minimum absolute atomic E-state index is 0.296. The molecule has 0 amide bonds. The van der Waals surface area contributed by atoms with Gasteiger partial charge in [-0.25, -0.2) is 15.8 Å². The zero-order valence-corrected chi connectivity index (χ0v) is 11.6. The Labute approximate surface area is 108 Å². The van der Waals surface area contributed by atoms with Gasteiger partial charge < -0.3 is 15.5 Å². The van der Waals surface area contributed by atoms with Crippen molar-refractivity contribution in [2.45, 2.75) is 33.8 Å². The number of nitrogens with two attached hydrogens (primary N) is 1. The van der Waals surface area contributed by atoms with E-state index < -0.39 is 0 Å². The fraction of sp³-hybridized carbons (Fsp3) is 0.667. The molecule has 102 valence electrons. The number of ether oxygens (including phenoxy) is 1. The highest BCUT2D eigenvalue weighted by Gasteiger charge is 2.10. The van der Waals surface area contributed by atoms with E-state index in [1.54, 1.807) is 13.2 Å². The van der Waals surface area contributed by atoms with E-state index in [2.05, 4.69) is 41.5 Å². The Hall–Kier alpha value is -1.40. The molecular weight excluding hydrogens is 230 g/mol. The van der Waals surface area contributed by atoms with E-state index in [1.807, 2.05) is 0 Å². The lowest BCUT2D eigenvalue weighted by atomic mass is 9.92. The molecule has 6 heteroatoms. The molecule has 0 radical (unpaired) electrons. The van der Waals surface area contributed by atoms with Crippen LogP contribution in [0.15, 0.2) is 6.07 Å². The second-order valence-corrected chi connectivity index (χ2v) is 5.37. The molecule has 0 aliphatic rings. The summed E-state index contributed by atoms with van der Waals surface area (Å²) in [6.07, 6.45) is 1.06. The van der Waals surface area contributed by atoms with E-state index in [4.69, 9.17) is 10.6 Å². The molecule has 6 nitrogen and oxygen atoms in total. The largest absolute Gasteiger partial charge is 0.377 e. The maximum absolute atomic E-state index is 5.37. The minimum Gasteiger partial charge on any atom is -0.377 e. The van der Waals surface area contributed by atoms with Crippen molar-refractivity contribution in [1.29, 1.82) is 0 Å². The monoisotopic (exact) mass is 253 g/mol. The lowest BCUT2D eigenvalue weighted by Gasteiger charge is -2.18. The molecule has 0 bridgehead atoms. The fourth-order valence-corrected chi connectivity index (χ4v) is 1.42. The van der Waals surface area contributed by atoms with Crippen LogP contribution in [0.4, 0.5) is 11.6 Å². The summed E-state index contributed by atoms with van der Waals surface area (Å²) in [6.45, 7) is 7.84. The molecule has 1 heterocycles. The molecule has 0 aromatic carbocycles. The average Bonchev–Trinajstić information content (AvgIpc) is 2.27. The van der Waals surface area contributed by atoms with Crippen molar-refractivity contribution in [2.75, 3.05) is 24.4 Å². The highest BCUT2D eigenvalue weighted by Crippen LogP contribution is 2.18. The number of anilines is 2. The summed E-state index contributed by atoms with van der Waals surface area (Å²) in [5, 5.41) is 3.27. The summed E-state index contributed by atoms with van der Waals surface area (Å²) in [5.41, 5.74) is 2.82. The van der Waals surface area contributed by atoms with Crippen LogP contribution in [0.25, 0.3) is 0 Å². The van der Waals surface area contributed by atoms with Gasteiger partial charge in [0.15, 0.2) is 5.82 Å². The van der Waals surface area contributed by atoms with Crippen molar-refractivity contribution < 1.29 is 4.74 Å². The van der Waals surface area contributed by atoms with Crippen molar-refractivity contribution in [3.05, 3.63) is 11.9 Å². The number of hydrogen-bond acceptors (Lipinski definition) is 6. The molecule has 0 fully saturated rings. The van der Waals surface area contributed by atoms with Crippen molar-refractivity contribution in [3.8, 4) is 0 Å². The summed E-state index contributed by atoms with van der Waals surface area (Å²) in [7, 11) is 1.61. The second kappa shape index (κ2) is 6.51. The number of methoxy groups -OCH3 is 1. The molecule has 1 rings (SSSR count). The first kappa shape index (κ1) is 14.7. The Bertz CT molecular complexity index is 375. The quantitative estimate of drug-likeness (QED) is 0.529. The van der Waals surface area contributed by atoms with Gasteiger partial charge in [0.2, 0.25) is 0 Å². The molecule has 1 aromatic heterocycles. The van der Waals surface area contributed by atoms with Crippen LogP contribution in [0.1, 0.15) is 33.0 Å². The molecule has 0 aliphatic carbocycles. The van der Waals surface area contributed by atoms with E-state index in [0.717, 1.165) is 18.8 Å². The van der Waals surface area contributed by atoms with Gasteiger partial charge in [-0.1, -0.05) is 20.8 Å². The highest BCUT2D eigenvalue weighted by atomic mass is 16.5. The van der Waals surface area contributed by atoms with Gasteiger partial charge in [-0.05, 0) is 11.8 Å². The summed E-state index contributed by atoms with van der Waals surface area (Å²) in [5.74, 6) is 7.31. The Morgan fingerprint density at radius 2 is 1.94 bits per heavy atom. The van der Waals surface area contributed by atoms with Crippen LogP contribution in [-0.4, -0.2) is 23.6 Å². The number of hydrogen-bond donors (Lipinski definition) is 3. The standard InChI is InChI=1S/C12H23N5O/c1-12(2,3)5-6-14-9-7-10(17-13)16-11(15-9)8-18-4/h7H,5-6,8,13H2,1-4H3,(H2,14,15,16,17). The second-order valence-electron chi connectivity index (χ2n) is 5.37. The van der Waals surface area contributed by atoms with Crippen LogP contribution in [-0.2, 0) is 11.3 Å². The molecule has 0 saturated carbocycles. The normalized spacial score (nSPS) is 11.4. The minimum atomic E-state index is 0.296. The topological polar surface area (TPSA) is 85.1 Å². The van der Waals surface area contributed by atoms with Crippen LogP contribution in [0, 0.1) is 5.41 Å². The average molecular weight is 253 g/mol. The van der Waals surface area contributed by atoms with Crippen LogP contribution in [0.2, 0.25) is 0 Å². The SMILES string of the molecule is COCc1nc(NN)cc(NCCC(C)(C)C)n1. The number of nitrogens with one attached hydrogen (secondary N) is 2. The van der Waals surface area contributed by atoms with E-state index in [1.165, 1.54) is 0 Å². The van der Waals surface area contributed by atoms with Crippen molar-refractivity contribution in [2.24, 2.45) is 11.3 Å². The van der Waals surface area contributed by atoms with Crippen LogP contribution in [0.3, 0.4) is 0 Å². The Morgan fingerprint density at radius 3 is 2.50 bits per heavy atom. The van der Waals surface area contributed by atoms with E-state index in [-0.39, 0.29) is 0 Å². The number of nitrogen functional groups attached to an aromatic ring is 1. The number of aromatic nitrogens is 2. The third kappa shape index (κ3) is 5.29. The molecule has 0 spiro atoms. The molecule has 0 saturated heterocycles. The summed E-state index contributed by atoms with van der Waals surface area (Å²) in [4.78, 5) is 8.53. The predicted molar refractivity (Wildman–Crippen MR) is 73.1 cm³/mol. The van der Waals surface area contributed by atoms with E-state index >= 15 is 0 Å². The van der Waals surface area contributed by atoms with Gasteiger partial charge >= 0.3 is 0 Å². The molecule has 4 N–H and O–H groups in total. The van der Waals surface area contributed by atoms with Crippen LogP contribution in [0.5, 0.6) is 0 Å². The predicted octanol–water partition coefficient (Wildman–Crippen LogP) is 1.76.